The van der Waals surface area contributed by atoms with Crippen LogP contribution in [0.2, 0.25) is 0 Å². The predicted octanol–water partition coefficient (Wildman–Crippen LogP) is 1.49. The van der Waals surface area contributed by atoms with Crippen molar-refractivity contribution >= 4 is 23.7 Å². The monoisotopic (exact) mass is 347 g/mol. The molecule has 1 aliphatic rings. The minimum atomic E-state index is -0.646. The van der Waals surface area contributed by atoms with Crippen molar-refractivity contribution < 1.29 is 14.8 Å². The van der Waals surface area contributed by atoms with Crippen LogP contribution < -0.4 is 16.1 Å². The van der Waals surface area contributed by atoms with Gasteiger partial charge < -0.3 is 10.6 Å². The largest absolute Gasteiger partial charge is 0.357 e. The van der Waals surface area contributed by atoms with Gasteiger partial charge in [-0.15, -0.1) is 0 Å². The topological polar surface area (TPSA) is 116 Å². The van der Waals surface area contributed by atoms with Gasteiger partial charge in [0, 0.05) is 12.6 Å². The maximum atomic E-state index is 12.2. The van der Waals surface area contributed by atoms with Gasteiger partial charge in [-0.3, -0.25) is 19.8 Å². The summed E-state index contributed by atoms with van der Waals surface area (Å²) in [6, 6.07) is -0.417. The fourth-order valence-corrected chi connectivity index (χ4v) is 2.77. The van der Waals surface area contributed by atoms with Gasteiger partial charge in [0.2, 0.25) is 5.91 Å². The molecule has 25 heavy (non-hydrogen) atoms. The molecule has 1 heterocycles. The number of carbonyl (C=O) groups is 2. The fourth-order valence-electron chi connectivity index (χ4n) is 2.77. The van der Waals surface area contributed by atoms with Gasteiger partial charge >= 0.3 is 0 Å². The molecule has 1 saturated carbocycles. The lowest BCUT2D eigenvalue weighted by atomic mass is 9.89. The highest BCUT2D eigenvalue weighted by Crippen LogP contribution is 2.22. The average Bonchev–Trinajstić information content (AvgIpc) is 2.66. The zero-order chi connectivity index (χ0) is 18.1. The molecule has 8 heteroatoms. The molecule has 0 aromatic carbocycles. The third-order valence-corrected chi connectivity index (χ3v) is 4.23. The molecule has 8 nitrogen and oxygen atoms in total. The SMILES string of the molecule is C[C@@H](Nc1cnc(C=CC(=O)NO)cn1)C(=O)NCC1CCCCC1. The molecule has 0 bridgehead atoms. The molecule has 0 aliphatic heterocycles. The molecule has 136 valence electrons. The van der Waals surface area contributed by atoms with Crippen molar-refractivity contribution in [2.75, 3.05) is 11.9 Å². The van der Waals surface area contributed by atoms with Crippen molar-refractivity contribution in [3.63, 3.8) is 0 Å². The van der Waals surface area contributed by atoms with Crippen molar-refractivity contribution in [1.82, 2.24) is 20.8 Å². The standard InChI is InChI=1S/C17H25N5O3/c1-12(17(24)20-9-13-5-3-2-4-6-13)21-15-11-18-14(10-19-15)7-8-16(23)22-25/h7-8,10-13,25H,2-6,9H2,1H3,(H,19,21)(H,20,24)(H,22,23)/t12-/m1/s1. The smallest absolute Gasteiger partial charge is 0.267 e. The van der Waals surface area contributed by atoms with E-state index in [2.05, 4.69) is 20.6 Å². The molecule has 2 amide bonds. The Hall–Kier alpha value is -2.48. The summed E-state index contributed by atoms with van der Waals surface area (Å²) in [5.41, 5.74) is 1.95. The van der Waals surface area contributed by atoms with Gasteiger partial charge in [-0.1, -0.05) is 19.3 Å². The Morgan fingerprint density at radius 2 is 2.04 bits per heavy atom. The second-order valence-corrected chi connectivity index (χ2v) is 6.25. The summed E-state index contributed by atoms with van der Waals surface area (Å²) in [6.45, 7) is 2.50. The minimum Gasteiger partial charge on any atom is -0.357 e. The second kappa shape index (κ2) is 9.73. The van der Waals surface area contributed by atoms with Crippen LogP contribution in [0, 0.1) is 5.92 Å². The summed E-state index contributed by atoms with van der Waals surface area (Å²) in [6.07, 6.45) is 11.7. The second-order valence-electron chi connectivity index (χ2n) is 6.25. The Morgan fingerprint density at radius 1 is 1.28 bits per heavy atom. The van der Waals surface area contributed by atoms with E-state index in [1.54, 1.807) is 6.92 Å². The molecule has 1 aromatic rings. The summed E-state index contributed by atoms with van der Waals surface area (Å²) >= 11 is 0. The number of aromatic nitrogens is 2. The summed E-state index contributed by atoms with van der Waals surface area (Å²) in [7, 11) is 0. The van der Waals surface area contributed by atoms with Gasteiger partial charge in [-0.2, -0.15) is 0 Å². The zero-order valence-corrected chi connectivity index (χ0v) is 14.4. The van der Waals surface area contributed by atoms with Crippen LogP contribution in [0.3, 0.4) is 0 Å². The molecule has 1 aliphatic carbocycles. The Bertz CT molecular complexity index is 597. The van der Waals surface area contributed by atoms with E-state index in [1.807, 2.05) is 0 Å². The van der Waals surface area contributed by atoms with Gasteiger partial charge in [0.1, 0.15) is 11.9 Å². The Kier molecular flexibility index (Phi) is 7.34. The number of nitrogens with one attached hydrogen (secondary N) is 3. The number of nitrogens with zero attached hydrogens (tertiary/aromatic N) is 2. The van der Waals surface area contributed by atoms with Crippen LogP contribution in [-0.2, 0) is 9.59 Å². The van der Waals surface area contributed by atoms with Gasteiger partial charge in [-0.25, -0.2) is 10.5 Å². The van der Waals surface area contributed by atoms with Crippen LogP contribution in [0.25, 0.3) is 6.08 Å². The molecule has 1 aromatic heterocycles. The first-order valence-electron chi connectivity index (χ1n) is 8.57. The molecule has 1 fully saturated rings. The highest BCUT2D eigenvalue weighted by Gasteiger charge is 2.17. The molecule has 4 N–H and O–H groups in total. The van der Waals surface area contributed by atoms with E-state index in [0.29, 0.717) is 17.4 Å². The van der Waals surface area contributed by atoms with E-state index in [0.717, 1.165) is 12.6 Å². The molecule has 2 rings (SSSR count). The number of hydrogen-bond acceptors (Lipinski definition) is 6. The lowest BCUT2D eigenvalue weighted by Crippen LogP contribution is -2.40. The van der Waals surface area contributed by atoms with Crippen molar-refractivity contribution in [3.05, 3.63) is 24.2 Å². The molecular weight excluding hydrogens is 322 g/mol. The quantitative estimate of drug-likeness (QED) is 0.337. The highest BCUT2D eigenvalue weighted by atomic mass is 16.5. The lowest BCUT2D eigenvalue weighted by molar-refractivity contribution is -0.124. The first kappa shape index (κ1) is 18.9. The first-order valence-corrected chi connectivity index (χ1v) is 8.57. The fraction of sp³-hybridized carbons (Fsp3) is 0.529. The molecule has 1 atom stereocenters. The maximum absolute atomic E-state index is 12.2. The number of carbonyl (C=O) groups excluding carboxylic acids is 2. The van der Waals surface area contributed by atoms with Gasteiger partial charge in [-0.05, 0) is 31.8 Å². The summed E-state index contributed by atoms with van der Waals surface area (Å²) in [4.78, 5) is 31.3. The molecule has 0 saturated heterocycles. The van der Waals surface area contributed by atoms with Crippen LogP contribution in [-0.4, -0.2) is 39.6 Å². The van der Waals surface area contributed by atoms with Crippen molar-refractivity contribution in [2.24, 2.45) is 5.92 Å². The van der Waals surface area contributed by atoms with Crippen LogP contribution in [0.5, 0.6) is 0 Å². The van der Waals surface area contributed by atoms with Gasteiger partial charge in [0.05, 0.1) is 18.1 Å². The van der Waals surface area contributed by atoms with E-state index < -0.39 is 11.9 Å². The molecule has 0 unspecified atom stereocenters. The predicted molar refractivity (Wildman–Crippen MR) is 93.7 cm³/mol. The number of anilines is 1. The molecular formula is C17H25N5O3. The van der Waals surface area contributed by atoms with Crippen molar-refractivity contribution in [2.45, 2.75) is 45.1 Å². The normalized spacial score (nSPS) is 16.4. The van der Waals surface area contributed by atoms with Crippen molar-refractivity contribution in [1.29, 1.82) is 0 Å². The van der Waals surface area contributed by atoms with Crippen LogP contribution in [0.4, 0.5) is 5.82 Å². The summed E-state index contributed by atoms with van der Waals surface area (Å²) in [5, 5.41) is 14.4. The lowest BCUT2D eigenvalue weighted by Gasteiger charge is -2.23. The Labute approximate surface area is 147 Å². The molecule has 0 spiro atoms. The van der Waals surface area contributed by atoms with Gasteiger partial charge in [0.25, 0.3) is 5.91 Å². The van der Waals surface area contributed by atoms with Crippen LogP contribution in [0.1, 0.15) is 44.7 Å². The summed E-state index contributed by atoms with van der Waals surface area (Å²) < 4.78 is 0. The van der Waals surface area contributed by atoms with Crippen LogP contribution in [0.15, 0.2) is 18.5 Å². The Morgan fingerprint density at radius 3 is 2.68 bits per heavy atom. The van der Waals surface area contributed by atoms with E-state index in [4.69, 9.17) is 5.21 Å². The minimum absolute atomic E-state index is 0.0593. The third-order valence-electron chi connectivity index (χ3n) is 4.23. The molecule has 0 radical (unpaired) electrons. The Balaban J connectivity index is 1.78. The zero-order valence-electron chi connectivity index (χ0n) is 14.4. The highest BCUT2D eigenvalue weighted by molar-refractivity contribution is 5.90. The number of rotatable bonds is 7. The van der Waals surface area contributed by atoms with E-state index >= 15 is 0 Å². The van der Waals surface area contributed by atoms with E-state index in [-0.39, 0.29) is 5.91 Å². The third kappa shape index (κ3) is 6.50. The number of hydroxylamine groups is 1. The number of amides is 2. The van der Waals surface area contributed by atoms with Crippen LogP contribution >= 0.6 is 0 Å². The maximum Gasteiger partial charge on any atom is 0.267 e. The van der Waals surface area contributed by atoms with E-state index in [9.17, 15) is 9.59 Å². The van der Waals surface area contributed by atoms with E-state index in [1.165, 1.54) is 56.1 Å². The van der Waals surface area contributed by atoms with Crippen molar-refractivity contribution in [3.8, 4) is 0 Å². The summed E-state index contributed by atoms with van der Waals surface area (Å²) in [5.74, 6) is 0.360. The number of hydrogen-bond donors (Lipinski definition) is 4. The van der Waals surface area contributed by atoms with Gasteiger partial charge in [0.15, 0.2) is 0 Å². The average molecular weight is 347 g/mol. The first-order chi connectivity index (χ1) is 12.1.